The second-order valence-corrected chi connectivity index (χ2v) is 4.93. The van der Waals surface area contributed by atoms with Crippen molar-refractivity contribution in [3.05, 3.63) is 65.4 Å². The number of halogens is 1. The second kappa shape index (κ2) is 7.82. The van der Waals surface area contributed by atoms with Crippen molar-refractivity contribution in [3.63, 3.8) is 0 Å². The molecule has 0 radical (unpaired) electrons. The highest BCUT2D eigenvalue weighted by molar-refractivity contribution is 6.07. The van der Waals surface area contributed by atoms with Crippen molar-refractivity contribution in [2.24, 2.45) is 0 Å². The Morgan fingerprint density at radius 1 is 1.20 bits per heavy atom. The smallest absolute Gasteiger partial charge is 0.362 e. The topological polar surface area (TPSA) is 111 Å². The van der Waals surface area contributed by atoms with Crippen LogP contribution in [0.15, 0.2) is 48.4 Å². The molecule has 0 spiro atoms. The number of hydrogen-bond donors (Lipinski definition) is 2. The van der Waals surface area contributed by atoms with E-state index < -0.39 is 23.7 Å². The van der Waals surface area contributed by atoms with Crippen LogP contribution in [-0.4, -0.2) is 22.8 Å². The maximum Gasteiger partial charge on any atom is 0.362 e. The van der Waals surface area contributed by atoms with Crippen LogP contribution >= 0.6 is 0 Å². The van der Waals surface area contributed by atoms with Gasteiger partial charge in [-0.05, 0) is 29.8 Å². The molecule has 128 valence electrons. The third-order valence-electron chi connectivity index (χ3n) is 2.97. The number of nitrogens with one attached hydrogen (secondary N) is 1. The number of benzene rings is 1. The zero-order valence-corrected chi connectivity index (χ0v) is 13.2. The summed E-state index contributed by atoms with van der Waals surface area (Å²) in [5, 5.41) is 2.27. The van der Waals surface area contributed by atoms with Crippen LogP contribution in [0.25, 0.3) is 6.08 Å². The van der Waals surface area contributed by atoms with Gasteiger partial charge in [0.2, 0.25) is 5.91 Å². The molecule has 7 nitrogen and oxygen atoms in total. The third kappa shape index (κ3) is 4.96. The van der Waals surface area contributed by atoms with Gasteiger partial charge >= 0.3 is 11.9 Å². The van der Waals surface area contributed by atoms with Crippen LogP contribution < -0.4 is 11.1 Å². The fourth-order valence-electron chi connectivity index (χ4n) is 1.83. The fraction of sp³-hybridized carbons (Fsp3) is 0.0588. The molecule has 0 atom stereocenters. The van der Waals surface area contributed by atoms with Gasteiger partial charge in [-0.1, -0.05) is 12.1 Å². The maximum absolute atomic E-state index is 12.9. The van der Waals surface area contributed by atoms with Gasteiger partial charge in [-0.15, -0.1) is 0 Å². The van der Waals surface area contributed by atoms with E-state index in [9.17, 15) is 18.8 Å². The largest absolute Gasteiger partial charge is 0.398 e. The van der Waals surface area contributed by atoms with E-state index in [-0.39, 0.29) is 16.9 Å². The average Bonchev–Trinajstić information content (AvgIpc) is 2.56. The second-order valence-electron chi connectivity index (χ2n) is 4.93. The van der Waals surface area contributed by atoms with E-state index >= 15 is 0 Å². The van der Waals surface area contributed by atoms with Crippen LogP contribution in [0.4, 0.5) is 10.1 Å². The molecule has 0 aliphatic heterocycles. The molecule has 3 N–H and O–H groups in total. The first-order valence-electron chi connectivity index (χ1n) is 7.07. The number of nitrogen functional groups attached to an aromatic ring is 1. The Morgan fingerprint density at radius 2 is 1.88 bits per heavy atom. The molecule has 2 aromatic rings. The van der Waals surface area contributed by atoms with E-state index in [1.165, 1.54) is 49.5 Å². The van der Waals surface area contributed by atoms with E-state index in [0.29, 0.717) is 5.56 Å². The molecule has 1 amide bonds. The predicted molar refractivity (Wildman–Crippen MR) is 87.3 cm³/mol. The Hall–Kier alpha value is -3.55. The molecule has 0 saturated carbocycles. The van der Waals surface area contributed by atoms with Gasteiger partial charge in [-0.25, -0.2) is 14.0 Å². The number of amides is 1. The summed E-state index contributed by atoms with van der Waals surface area (Å²) in [6.45, 7) is 1.19. The van der Waals surface area contributed by atoms with Crippen molar-refractivity contribution in [2.45, 2.75) is 6.92 Å². The summed E-state index contributed by atoms with van der Waals surface area (Å²) >= 11 is 0. The number of nitrogens with two attached hydrogens (primary N) is 1. The lowest BCUT2D eigenvalue weighted by Gasteiger charge is -2.08. The Bertz CT molecular complexity index is 847. The number of esters is 2. The molecule has 0 unspecified atom stereocenters. The van der Waals surface area contributed by atoms with Crippen LogP contribution in [0.2, 0.25) is 0 Å². The normalized spacial score (nSPS) is 10.9. The van der Waals surface area contributed by atoms with Crippen LogP contribution in [-0.2, 0) is 14.3 Å². The van der Waals surface area contributed by atoms with Crippen LogP contribution in [0.3, 0.4) is 0 Å². The molecule has 1 aromatic heterocycles. The lowest BCUT2D eigenvalue weighted by molar-refractivity contribution is -0.135. The summed E-state index contributed by atoms with van der Waals surface area (Å²) in [7, 11) is 0. The van der Waals surface area contributed by atoms with Crippen molar-refractivity contribution >= 4 is 29.6 Å². The Labute approximate surface area is 142 Å². The third-order valence-corrected chi connectivity index (χ3v) is 2.97. The minimum absolute atomic E-state index is 0.0835. The molecule has 25 heavy (non-hydrogen) atoms. The maximum atomic E-state index is 12.9. The number of pyridine rings is 1. The quantitative estimate of drug-likeness (QED) is 0.496. The SMILES string of the molecule is CC(=O)N/C(=C\c1ccc(F)cc1)C(=O)OC(=O)c1cnccc1N. The van der Waals surface area contributed by atoms with Crippen LogP contribution in [0, 0.1) is 5.82 Å². The average molecular weight is 343 g/mol. The molecule has 0 saturated heterocycles. The van der Waals surface area contributed by atoms with Gasteiger partial charge in [0.1, 0.15) is 17.1 Å². The Balaban J connectivity index is 2.24. The van der Waals surface area contributed by atoms with Crippen molar-refractivity contribution in [3.8, 4) is 0 Å². The fourth-order valence-corrected chi connectivity index (χ4v) is 1.83. The van der Waals surface area contributed by atoms with Crippen molar-refractivity contribution in [2.75, 3.05) is 5.73 Å². The van der Waals surface area contributed by atoms with Crippen LogP contribution in [0.1, 0.15) is 22.8 Å². The Morgan fingerprint density at radius 3 is 2.48 bits per heavy atom. The number of ether oxygens (including phenoxy) is 1. The minimum Gasteiger partial charge on any atom is -0.398 e. The summed E-state index contributed by atoms with van der Waals surface area (Å²) in [4.78, 5) is 39.2. The van der Waals surface area contributed by atoms with E-state index in [1.807, 2.05) is 0 Å². The molecule has 1 heterocycles. The molecule has 0 aliphatic rings. The monoisotopic (exact) mass is 343 g/mol. The number of carbonyl (C=O) groups excluding carboxylic acids is 3. The summed E-state index contributed by atoms with van der Waals surface area (Å²) in [5.41, 5.74) is 5.77. The van der Waals surface area contributed by atoms with Gasteiger partial charge in [0.15, 0.2) is 0 Å². The molecule has 0 aliphatic carbocycles. The Kier molecular flexibility index (Phi) is 5.57. The lowest BCUT2D eigenvalue weighted by atomic mass is 10.2. The molecule has 8 heteroatoms. The molecule has 2 rings (SSSR count). The van der Waals surface area contributed by atoms with Gasteiger partial charge in [0.05, 0.1) is 0 Å². The lowest BCUT2D eigenvalue weighted by Crippen LogP contribution is -2.28. The summed E-state index contributed by atoms with van der Waals surface area (Å²) < 4.78 is 17.7. The van der Waals surface area contributed by atoms with Gasteiger partial charge in [-0.3, -0.25) is 9.78 Å². The molecule has 0 bridgehead atoms. The standard InChI is InChI=1S/C17H14FN3O4/c1-10(22)21-15(8-11-2-4-12(18)5-3-11)17(24)25-16(23)13-9-20-7-6-14(13)19/h2-9H,1H3,(H2,19,20)(H,21,22)/b15-8-. The molecular formula is C17H14FN3O4. The van der Waals surface area contributed by atoms with Crippen LogP contribution in [0.5, 0.6) is 0 Å². The number of carbonyl (C=O) groups is 3. The zero-order valence-electron chi connectivity index (χ0n) is 13.2. The van der Waals surface area contributed by atoms with Gasteiger partial charge in [0.25, 0.3) is 0 Å². The highest BCUT2D eigenvalue weighted by Gasteiger charge is 2.20. The van der Waals surface area contributed by atoms with Gasteiger partial charge in [-0.2, -0.15) is 0 Å². The number of hydrogen-bond acceptors (Lipinski definition) is 6. The first-order chi connectivity index (χ1) is 11.9. The molecule has 0 fully saturated rings. The molecular weight excluding hydrogens is 329 g/mol. The van der Waals surface area contributed by atoms with Gasteiger partial charge < -0.3 is 15.8 Å². The first-order valence-corrected chi connectivity index (χ1v) is 7.07. The van der Waals surface area contributed by atoms with E-state index in [4.69, 9.17) is 10.5 Å². The number of aromatic nitrogens is 1. The summed E-state index contributed by atoms with van der Waals surface area (Å²) in [6.07, 6.45) is 3.79. The van der Waals surface area contributed by atoms with Gasteiger partial charge in [0, 0.05) is 25.0 Å². The number of rotatable bonds is 4. The van der Waals surface area contributed by atoms with Crippen molar-refractivity contribution < 1.29 is 23.5 Å². The van der Waals surface area contributed by atoms with E-state index in [1.54, 1.807) is 0 Å². The zero-order chi connectivity index (χ0) is 18.4. The molecule has 1 aromatic carbocycles. The first kappa shape index (κ1) is 17.8. The predicted octanol–water partition coefficient (Wildman–Crippen LogP) is 1.66. The van der Waals surface area contributed by atoms with E-state index in [0.717, 1.165) is 6.20 Å². The highest BCUT2D eigenvalue weighted by atomic mass is 19.1. The number of nitrogens with zero attached hydrogens (tertiary/aromatic N) is 1. The highest BCUT2D eigenvalue weighted by Crippen LogP contribution is 2.13. The van der Waals surface area contributed by atoms with E-state index in [2.05, 4.69) is 10.3 Å². The minimum atomic E-state index is -1.09. The summed E-state index contributed by atoms with van der Waals surface area (Å²) in [5.74, 6) is -3.10. The van der Waals surface area contributed by atoms with Crippen molar-refractivity contribution in [1.82, 2.24) is 10.3 Å². The van der Waals surface area contributed by atoms with Crippen molar-refractivity contribution in [1.29, 1.82) is 0 Å². The number of anilines is 1. The summed E-state index contributed by atoms with van der Waals surface area (Å²) in [6, 6.07) is 6.54.